The molecule has 1 N–H and O–H groups in total. The molecule has 2 heterocycles. The number of hydrogen-bond donors (Lipinski definition) is 1. The smallest absolute Gasteiger partial charge is 0.305 e. The molecular weight excluding hydrogens is 479 g/mol. The number of fused-ring (bicyclic) bond motifs is 1. The number of carbonyl (C=O) groups excluding carboxylic acids is 1. The minimum absolute atomic E-state index is 0.0345. The van der Waals surface area contributed by atoms with Crippen LogP contribution < -0.4 is 15.7 Å². The first kappa shape index (κ1) is 25.2. The van der Waals surface area contributed by atoms with Crippen LogP contribution >= 0.6 is 0 Å². The number of nitrogens with zero attached hydrogens (tertiary/aromatic N) is 4. The standard InChI is InChI=1S/C20H22F3N5O5S/c1-5-6-17(29)28(34(4,32)33)27-18(30)13-9-12(16-7-8-24-26(16)11(2)3)14(20(21,22)23)10-15(13)25-19(27)31/h7-11H,5-6H2,1-4H3,(H,25,31). The lowest BCUT2D eigenvalue weighted by molar-refractivity contribution is -0.137. The van der Waals surface area contributed by atoms with Gasteiger partial charge in [-0.15, -0.1) is 9.09 Å². The van der Waals surface area contributed by atoms with E-state index in [-0.39, 0.29) is 33.7 Å². The zero-order valence-corrected chi connectivity index (χ0v) is 19.5. The summed E-state index contributed by atoms with van der Waals surface area (Å²) in [7, 11) is -4.42. The highest BCUT2D eigenvalue weighted by Crippen LogP contribution is 2.39. The molecule has 0 bridgehead atoms. The Bertz CT molecular complexity index is 1480. The normalized spacial score (nSPS) is 12.5. The van der Waals surface area contributed by atoms with Crippen molar-refractivity contribution in [2.75, 3.05) is 10.7 Å². The summed E-state index contributed by atoms with van der Waals surface area (Å²) in [5, 5.41) is 3.61. The number of nitrogens with one attached hydrogen (secondary N) is 1. The average Bonchev–Trinajstić information content (AvgIpc) is 3.19. The molecule has 1 aromatic carbocycles. The molecule has 0 radical (unpaired) electrons. The number of hydrogen-bond acceptors (Lipinski definition) is 6. The van der Waals surface area contributed by atoms with Gasteiger partial charge in [0.25, 0.3) is 21.5 Å². The van der Waals surface area contributed by atoms with Gasteiger partial charge in [-0.3, -0.25) is 14.3 Å². The van der Waals surface area contributed by atoms with E-state index in [1.807, 2.05) is 0 Å². The first-order valence-corrected chi connectivity index (χ1v) is 12.0. The van der Waals surface area contributed by atoms with E-state index >= 15 is 0 Å². The molecule has 0 aliphatic heterocycles. The second kappa shape index (κ2) is 8.74. The van der Waals surface area contributed by atoms with Crippen LogP contribution in [0.2, 0.25) is 0 Å². The molecule has 0 saturated carbocycles. The Balaban J connectivity index is 2.45. The van der Waals surface area contributed by atoms with Crippen LogP contribution in [0.15, 0.2) is 34.0 Å². The van der Waals surface area contributed by atoms with Gasteiger partial charge in [-0.2, -0.15) is 18.3 Å². The third-order valence-corrected chi connectivity index (χ3v) is 5.92. The SMILES string of the molecule is CCCC(=O)N(n1c(=O)[nH]c2cc(C(F)(F)F)c(-c3ccnn3C(C)C)cc2c1=O)S(C)(=O)=O. The van der Waals surface area contributed by atoms with Gasteiger partial charge in [0.05, 0.1) is 28.4 Å². The van der Waals surface area contributed by atoms with Crippen molar-refractivity contribution in [2.45, 2.75) is 45.8 Å². The fraction of sp³-hybridized carbons (Fsp3) is 0.400. The third-order valence-electron chi connectivity index (χ3n) is 4.93. The summed E-state index contributed by atoms with van der Waals surface area (Å²) in [6, 6.07) is 2.54. The van der Waals surface area contributed by atoms with Crippen LogP contribution in [0, 0.1) is 0 Å². The summed E-state index contributed by atoms with van der Waals surface area (Å²) in [6.45, 7) is 5.01. The van der Waals surface area contributed by atoms with Crippen LogP contribution in [0.25, 0.3) is 22.2 Å². The summed E-state index contributed by atoms with van der Waals surface area (Å²) in [6.07, 6.45) is -2.97. The fourth-order valence-corrected chi connectivity index (χ4v) is 4.47. The molecule has 34 heavy (non-hydrogen) atoms. The number of alkyl halides is 3. The van der Waals surface area contributed by atoms with Crippen LogP contribution in [0.3, 0.4) is 0 Å². The maximum Gasteiger partial charge on any atom is 0.417 e. The van der Waals surface area contributed by atoms with Gasteiger partial charge in [-0.05, 0) is 38.5 Å². The van der Waals surface area contributed by atoms with Gasteiger partial charge < -0.3 is 4.98 Å². The van der Waals surface area contributed by atoms with Gasteiger partial charge in [0.2, 0.25) is 0 Å². The molecule has 3 rings (SSSR count). The van der Waals surface area contributed by atoms with E-state index in [2.05, 4.69) is 10.1 Å². The van der Waals surface area contributed by atoms with Crippen molar-refractivity contribution >= 4 is 26.8 Å². The van der Waals surface area contributed by atoms with Crippen LogP contribution in [0.4, 0.5) is 13.2 Å². The highest BCUT2D eigenvalue weighted by Gasteiger charge is 2.36. The molecule has 2 aromatic heterocycles. The first-order chi connectivity index (χ1) is 15.7. The molecule has 0 spiro atoms. The summed E-state index contributed by atoms with van der Waals surface area (Å²) < 4.78 is 67.8. The van der Waals surface area contributed by atoms with E-state index in [4.69, 9.17) is 0 Å². The monoisotopic (exact) mass is 501 g/mol. The summed E-state index contributed by atoms with van der Waals surface area (Å²) >= 11 is 0. The van der Waals surface area contributed by atoms with E-state index < -0.39 is 55.4 Å². The van der Waals surface area contributed by atoms with Gasteiger partial charge in [-0.25, -0.2) is 13.2 Å². The van der Waals surface area contributed by atoms with Gasteiger partial charge in [0.1, 0.15) is 0 Å². The van der Waals surface area contributed by atoms with E-state index in [1.165, 1.54) is 16.9 Å². The fourth-order valence-electron chi connectivity index (χ4n) is 3.56. The Morgan fingerprint density at radius 1 is 1.24 bits per heavy atom. The van der Waals surface area contributed by atoms with E-state index in [9.17, 15) is 36.0 Å². The summed E-state index contributed by atoms with van der Waals surface area (Å²) in [5.41, 5.74) is -4.57. The first-order valence-electron chi connectivity index (χ1n) is 10.2. The second-order valence-electron chi connectivity index (χ2n) is 7.89. The molecule has 0 unspecified atom stereocenters. The quantitative estimate of drug-likeness (QED) is 0.553. The highest BCUT2D eigenvalue weighted by molar-refractivity contribution is 7.92. The number of amides is 1. The van der Waals surface area contributed by atoms with E-state index in [0.29, 0.717) is 12.3 Å². The topological polar surface area (TPSA) is 127 Å². The molecule has 184 valence electrons. The number of aromatic nitrogens is 4. The van der Waals surface area contributed by atoms with Crippen LogP contribution in [-0.2, 0) is 21.0 Å². The minimum Gasteiger partial charge on any atom is -0.305 e. The van der Waals surface area contributed by atoms with Crippen molar-refractivity contribution < 1.29 is 26.4 Å². The Morgan fingerprint density at radius 3 is 2.41 bits per heavy atom. The van der Waals surface area contributed by atoms with Crippen molar-refractivity contribution in [3.05, 3.63) is 50.8 Å². The zero-order valence-electron chi connectivity index (χ0n) is 18.7. The highest BCUT2D eigenvalue weighted by atomic mass is 32.2. The Hall–Kier alpha value is -3.42. The van der Waals surface area contributed by atoms with Gasteiger partial charge in [0, 0.05) is 24.2 Å². The maximum atomic E-state index is 13.9. The second-order valence-corrected chi connectivity index (χ2v) is 9.70. The number of carbonyl (C=O) groups is 1. The average molecular weight is 501 g/mol. The van der Waals surface area contributed by atoms with Crippen molar-refractivity contribution in [1.82, 2.24) is 19.4 Å². The molecule has 0 aliphatic rings. The van der Waals surface area contributed by atoms with Crippen LogP contribution in [-0.4, -0.2) is 40.0 Å². The van der Waals surface area contributed by atoms with Gasteiger partial charge >= 0.3 is 11.9 Å². The zero-order chi connectivity index (χ0) is 25.6. The predicted molar refractivity (Wildman–Crippen MR) is 118 cm³/mol. The molecular formula is C20H22F3N5O5S. The van der Waals surface area contributed by atoms with Gasteiger partial charge in [0.15, 0.2) is 0 Å². The third kappa shape index (κ3) is 4.49. The molecule has 1 amide bonds. The summed E-state index contributed by atoms with van der Waals surface area (Å²) in [4.78, 5) is 40.4. The van der Waals surface area contributed by atoms with Crippen molar-refractivity contribution in [2.24, 2.45) is 0 Å². The lowest BCUT2D eigenvalue weighted by Crippen LogP contribution is -2.55. The van der Waals surface area contributed by atoms with Crippen LogP contribution in [0.5, 0.6) is 0 Å². The molecule has 0 atom stereocenters. The number of sulfonamides is 1. The lowest BCUT2D eigenvalue weighted by Gasteiger charge is -2.21. The molecule has 10 nitrogen and oxygen atoms in total. The number of rotatable bonds is 6. The Labute approximate surface area is 191 Å². The van der Waals surface area contributed by atoms with Crippen molar-refractivity contribution in [1.29, 1.82) is 0 Å². The Kier molecular flexibility index (Phi) is 6.48. The number of H-pyrrole nitrogens is 1. The minimum atomic E-state index is -4.85. The van der Waals surface area contributed by atoms with Gasteiger partial charge in [-0.1, -0.05) is 6.92 Å². The number of halogens is 3. The number of aromatic amines is 1. The summed E-state index contributed by atoms with van der Waals surface area (Å²) in [5.74, 6) is -1.04. The molecule has 0 fully saturated rings. The Morgan fingerprint density at radius 2 is 1.88 bits per heavy atom. The van der Waals surface area contributed by atoms with Crippen molar-refractivity contribution in [3.8, 4) is 11.3 Å². The predicted octanol–water partition coefficient (Wildman–Crippen LogP) is 2.38. The van der Waals surface area contributed by atoms with Crippen molar-refractivity contribution in [3.63, 3.8) is 0 Å². The maximum absolute atomic E-state index is 13.9. The van der Waals surface area contributed by atoms with E-state index in [1.54, 1.807) is 20.8 Å². The molecule has 3 aromatic rings. The number of benzene rings is 1. The van der Waals surface area contributed by atoms with E-state index in [0.717, 1.165) is 6.07 Å². The lowest BCUT2D eigenvalue weighted by atomic mass is 10.0. The largest absolute Gasteiger partial charge is 0.417 e. The molecule has 0 saturated heterocycles. The van der Waals surface area contributed by atoms with Crippen LogP contribution in [0.1, 0.15) is 45.2 Å². The molecule has 14 heteroatoms. The molecule has 0 aliphatic carbocycles.